The molecular formula is C26H23ClN4O3S2. The van der Waals surface area contributed by atoms with Crippen LogP contribution in [0.1, 0.15) is 29.1 Å². The molecule has 36 heavy (non-hydrogen) atoms. The predicted molar refractivity (Wildman–Crippen MR) is 147 cm³/mol. The third-order valence-electron chi connectivity index (χ3n) is 5.93. The van der Waals surface area contributed by atoms with Gasteiger partial charge in [0, 0.05) is 22.5 Å². The van der Waals surface area contributed by atoms with Gasteiger partial charge in [-0.3, -0.25) is 9.71 Å². The van der Waals surface area contributed by atoms with Crippen LogP contribution in [0.4, 0.5) is 11.4 Å². The van der Waals surface area contributed by atoms with Gasteiger partial charge in [-0.2, -0.15) is 0 Å². The fourth-order valence-corrected chi connectivity index (χ4v) is 5.42. The van der Waals surface area contributed by atoms with Crippen LogP contribution in [-0.2, 0) is 10.0 Å². The van der Waals surface area contributed by atoms with Gasteiger partial charge in [0.25, 0.3) is 0 Å². The van der Waals surface area contributed by atoms with Crippen molar-refractivity contribution in [1.29, 1.82) is 0 Å². The van der Waals surface area contributed by atoms with Crippen molar-refractivity contribution in [2.45, 2.75) is 19.0 Å². The highest BCUT2D eigenvalue weighted by Crippen LogP contribution is 2.43. The monoisotopic (exact) mass is 538 g/mol. The second-order valence-electron chi connectivity index (χ2n) is 8.58. The fourth-order valence-electron chi connectivity index (χ4n) is 4.31. The van der Waals surface area contributed by atoms with Gasteiger partial charge in [-0.15, -0.1) is 0 Å². The number of hydrogen-bond donors (Lipinski definition) is 2. The number of nitrogens with one attached hydrogen (secondary N) is 2. The number of anilines is 2. The van der Waals surface area contributed by atoms with Gasteiger partial charge in [0.2, 0.25) is 10.0 Å². The van der Waals surface area contributed by atoms with Crippen molar-refractivity contribution >= 4 is 50.3 Å². The maximum Gasteiger partial charge on any atom is 0.229 e. The van der Waals surface area contributed by atoms with E-state index in [1.807, 2.05) is 78.6 Å². The van der Waals surface area contributed by atoms with E-state index in [4.69, 9.17) is 28.2 Å². The van der Waals surface area contributed by atoms with Gasteiger partial charge in [-0.05, 0) is 91.4 Å². The summed E-state index contributed by atoms with van der Waals surface area (Å²) in [5.74, 6) is 1.42. The topological polar surface area (TPSA) is 87.5 Å². The number of nitrogens with zero attached hydrogens (tertiary/aromatic N) is 2. The normalized spacial score (nSPS) is 17.8. The highest BCUT2D eigenvalue weighted by Gasteiger charge is 2.42. The average Bonchev–Trinajstić information content (AvgIpc) is 3.45. The molecule has 2 aromatic heterocycles. The highest BCUT2D eigenvalue weighted by molar-refractivity contribution is 7.92. The number of pyridine rings is 1. The summed E-state index contributed by atoms with van der Waals surface area (Å²) in [4.78, 5) is 6.55. The van der Waals surface area contributed by atoms with Gasteiger partial charge in [-0.1, -0.05) is 17.7 Å². The van der Waals surface area contributed by atoms with E-state index in [9.17, 15) is 8.42 Å². The van der Waals surface area contributed by atoms with Crippen molar-refractivity contribution in [2.75, 3.05) is 15.9 Å². The first-order valence-electron chi connectivity index (χ1n) is 11.1. The van der Waals surface area contributed by atoms with E-state index in [-0.39, 0.29) is 12.1 Å². The zero-order valence-corrected chi connectivity index (χ0v) is 21.9. The van der Waals surface area contributed by atoms with Crippen molar-refractivity contribution < 1.29 is 12.8 Å². The number of aromatic nitrogens is 1. The lowest BCUT2D eigenvalue weighted by Crippen LogP contribution is -2.29. The number of aryl methyl sites for hydroxylation is 1. The molecule has 3 heterocycles. The summed E-state index contributed by atoms with van der Waals surface area (Å²) in [6.07, 6.45) is 2.87. The van der Waals surface area contributed by atoms with Crippen LogP contribution >= 0.6 is 23.8 Å². The lowest BCUT2D eigenvalue weighted by Gasteiger charge is -2.26. The third kappa shape index (κ3) is 4.95. The SMILES string of the molecule is Cc1cc(N2C(=S)N[C@H](c3ccccn3)[C@@H]2c2ccc(-c3ccc(Cl)cc3)o2)ccc1NS(C)(=O)=O. The number of sulfonamides is 1. The summed E-state index contributed by atoms with van der Waals surface area (Å²) < 4.78 is 32.4. The molecule has 2 atom stereocenters. The molecule has 0 saturated carbocycles. The molecule has 0 radical (unpaired) electrons. The smallest absolute Gasteiger partial charge is 0.229 e. The summed E-state index contributed by atoms with van der Waals surface area (Å²) in [6.45, 7) is 1.85. The number of thiocarbonyl (C=S) groups is 1. The summed E-state index contributed by atoms with van der Waals surface area (Å²) >= 11 is 11.8. The predicted octanol–water partition coefficient (Wildman–Crippen LogP) is 5.85. The molecule has 1 saturated heterocycles. The molecule has 1 aliphatic rings. The van der Waals surface area contributed by atoms with E-state index in [0.717, 1.165) is 28.8 Å². The van der Waals surface area contributed by atoms with Crippen LogP contribution in [0.5, 0.6) is 0 Å². The van der Waals surface area contributed by atoms with Crippen LogP contribution < -0.4 is 14.9 Å². The van der Waals surface area contributed by atoms with E-state index in [0.29, 0.717) is 27.3 Å². The molecule has 0 aliphatic carbocycles. The Hall–Kier alpha value is -3.40. The van der Waals surface area contributed by atoms with E-state index >= 15 is 0 Å². The Labute approximate surface area is 220 Å². The Morgan fingerprint density at radius 2 is 1.86 bits per heavy atom. The van der Waals surface area contributed by atoms with Gasteiger partial charge in [0.05, 0.1) is 23.7 Å². The molecule has 7 nitrogen and oxygen atoms in total. The molecule has 1 fully saturated rings. The zero-order valence-electron chi connectivity index (χ0n) is 19.5. The quantitative estimate of drug-likeness (QED) is 0.298. The first kappa shape index (κ1) is 24.3. The molecule has 0 spiro atoms. The minimum Gasteiger partial charge on any atom is -0.459 e. The number of hydrogen-bond acceptors (Lipinski definition) is 5. The van der Waals surface area contributed by atoms with Crippen molar-refractivity contribution in [3.8, 4) is 11.3 Å². The van der Waals surface area contributed by atoms with Gasteiger partial charge in [-0.25, -0.2) is 8.42 Å². The molecule has 0 bridgehead atoms. The Balaban J connectivity index is 1.57. The average molecular weight is 539 g/mol. The maximum atomic E-state index is 11.7. The fraction of sp³-hybridized carbons (Fsp3) is 0.154. The van der Waals surface area contributed by atoms with Crippen LogP contribution in [0.3, 0.4) is 0 Å². The number of rotatable bonds is 6. The second-order valence-corrected chi connectivity index (χ2v) is 11.2. The van der Waals surface area contributed by atoms with E-state index in [2.05, 4.69) is 15.0 Å². The van der Waals surface area contributed by atoms with E-state index in [1.165, 1.54) is 0 Å². The summed E-state index contributed by atoms with van der Waals surface area (Å²) in [7, 11) is -3.40. The molecule has 184 valence electrons. The van der Waals surface area contributed by atoms with Gasteiger partial charge in [0.1, 0.15) is 17.6 Å². The second kappa shape index (κ2) is 9.57. The molecule has 0 unspecified atom stereocenters. The van der Waals surface area contributed by atoms with Crippen molar-refractivity contribution in [3.05, 3.63) is 101 Å². The Bertz CT molecular complexity index is 1520. The lowest BCUT2D eigenvalue weighted by molar-refractivity contribution is 0.439. The molecule has 1 aliphatic heterocycles. The zero-order chi connectivity index (χ0) is 25.4. The van der Waals surface area contributed by atoms with Crippen LogP contribution in [-0.4, -0.2) is 24.8 Å². The first-order chi connectivity index (χ1) is 17.2. The molecule has 2 N–H and O–H groups in total. The standard InChI is InChI=1S/C26H23ClN4O3S2/c1-16-15-19(10-11-20(16)30-36(2,32)33)31-25(24(29-26(31)35)21-5-3-4-14-28-21)23-13-12-22(34-23)17-6-8-18(27)9-7-17/h3-15,24-25,30H,1-2H3,(H,29,35)/t24-,25+/m1/s1. The Kier molecular flexibility index (Phi) is 6.46. The largest absolute Gasteiger partial charge is 0.459 e. The highest BCUT2D eigenvalue weighted by atomic mass is 35.5. The Morgan fingerprint density at radius 3 is 2.53 bits per heavy atom. The van der Waals surface area contributed by atoms with Crippen molar-refractivity contribution in [2.24, 2.45) is 0 Å². The minimum atomic E-state index is -3.40. The minimum absolute atomic E-state index is 0.267. The van der Waals surface area contributed by atoms with Crippen LogP contribution in [0.2, 0.25) is 5.02 Å². The third-order valence-corrected chi connectivity index (χ3v) is 7.09. The number of halogens is 1. The molecule has 5 rings (SSSR count). The maximum absolute atomic E-state index is 11.7. The van der Waals surface area contributed by atoms with Gasteiger partial charge >= 0.3 is 0 Å². The van der Waals surface area contributed by atoms with E-state index < -0.39 is 10.0 Å². The van der Waals surface area contributed by atoms with Gasteiger partial charge < -0.3 is 14.6 Å². The van der Waals surface area contributed by atoms with Gasteiger partial charge in [0.15, 0.2) is 5.11 Å². The van der Waals surface area contributed by atoms with Crippen molar-refractivity contribution in [1.82, 2.24) is 10.3 Å². The lowest BCUT2D eigenvalue weighted by atomic mass is 10.0. The van der Waals surface area contributed by atoms with Crippen LogP contribution in [0.15, 0.2) is 83.4 Å². The number of benzene rings is 2. The Morgan fingerprint density at radius 1 is 1.08 bits per heavy atom. The summed E-state index contributed by atoms with van der Waals surface area (Å²) in [5.41, 5.74) is 3.82. The number of furan rings is 1. The molecular weight excluding hydrogens is 516 g/mol. The van der Waals surface area contributed by atoms with E-state index in [1.54, 1.807) is 12.3 Å². The molecule has 0 amide bonds. The van der Waals surface area contributed by atoms with Crippen LogP contribution in [0.25, 0.3) is 11.3 Å². The van der Waals surface area contributed by atoms with Crippen molar-refractivity contribution in [3.63, 3.8) is 0 Å². The first-order valence-corrected chi connectivity index (χ1v) is 13.8. The molecule has 2 aromatic carbocycles. The molecule has 4 aromatic rings. The summed E-state index contributed by atoms with van der Waals surface area (Å²) in [6, 6.07) is 22.0. The van der Waals surface area contributed by atoms with Crippen LogP contribution in [0, 0.1) is 6.92 Å². The molecule has 10 heteroatoms. The summed E-state index contributed by atoms with van der Waals surface area (Å²) in [5, 5.41) is 4.57.